The zero-order valence-corrected chi connectivity index (χ0v) is 15.4. The van der Waals surface area contributed by atoms with Gasteiger partial charge in [-0.25, -0.2) is 0 Å². The van der Waals surface area contributed by atoms with Crippen LogP contribution >= 0.6 is 0 Å². The topological polar surface area (TPSA) is 42.0 Å². The van der Waals surface area contributed by atoms with Gasteiger partial charge < -0.3 is 14.4 Å². The summed E-state index contributed by atoms with van der Waals surface area (Å²) in [5, 5.41) is 0. The molecule has 0 aliphatic carbocycles. The second-order valence-electron chi connectivity index (χ2n) is 6.30. The lowest BCUT2D eigenvalue weighted by Gasteiger charge is -2.36. The van der Waals surface area contributed by atoms with Gasteiger partial charge >= 0.3 is 0 Å². The van der Waals surface area contributed by atoms with Gasteiger partial charge in [0.15, 0.2) is 11.5 Å². The van der Waals surface area contributed by atoms with Crippen LogP contribution < -0.4 is 9.47 Å². The van der Waals surface area contributed by atoms with E-state index in [0.29, 0.717) is 5.91 Å². The van der Waals surface area contributed by atoms with Crippen LogP contribution in [0.2, 0.25) is 0 Å². The van der Waals surface area contributed by atoms with Crippen LogP contribution in [-0.4, -0.2) is 56.1 Å². The van der Waals surface area contributed by atoms with E-state index in [9.17, 15) is 4.79 Å². The molecule has 2 rings (SSSR count). The van der Waals surface area contributed by atoms with Crippen LogP contribution in [0, 0.1) is 5.92 Å². The van der Waals surface area contributed by atoms with Gasteiger partial charge in [-0.2, -0.15) is 0 Å². The van der Waals surface area contributed by atoms with Crippen LogP contribution in [0.4, 0.5) is 0 Å². The number of carbonyl (C=O) groups is 1. The fourth-order valence-corrected chi connectivity index (χ4v) is 3.26. The molecule has 0 radical (unpaired) electrons. The summed E-state index contributed by atoms with van der Waals surface area (Å²) in [6, 6.07) is 6.05. The molecule has 0 saturated carbocycles. The van der Waals surface area contributed by atoms with Crippen molar-refractivity contribution in [2.24, 2.45) is 5.92 Å². The number of hydrogen-bond donors (Lipinski definition) is 0. The smallest absolute Gasteiger partial charge is 0.225 e. The van der Waals surface area contributed by atoms with E-state index in [1.54, 1.807) is 14.2 Å². The molecule has 5 heteroatoms. The van der Waals surface area contributed by atoms with Crippen LogP contribution in [-0.2, 0) is 11.3 Å². The van der Waals surface area contributed by atoms with E-state index in [1.807, 2.05) is 17.0 Å². The van der Waals surface area contributed by atoms with Crippen molar-refractivity contribution in [2.45, 2.75) is 33.2 Å². The highest BCUT2D eigenvalue weighted by Gasteiger charge is 2.25. The Kier molecular flexibility index (Phi) is 6.91. The fraction of sp³-hybridized carbons (Fsp3) is 0.632. The molecular formula is C19H30N2O3. The van der Waals surface area contributed by atoms with E-state index in [1.165, 1.54) is 5.56 Å². The number of benzene rings is 1. The molecule has 1 aromatic rings. The maximum atomic E-state index is 12.5. The van der Waals surface area contributed by atoms with Crippen molar-refractivity contribution in [1.82, 2.24) is 9.80 Å². The molecule has 1 aliphatic rings. The monoisotopic (exact) mass is 334 g/mol. The summed E-state index contributed by atoms with van der Waals surface area (Å²) in [7, 11) is 3.30. The van der Waals surface area contributed by atoms with Gasteiger partial charge in [0.2, 0.25) is 5.91 Å². The van der Waals surface area contributed by atoms with Gasteiger partial charge in [-0.3, -0.25) is 9.69 Å². The van der Waals surface area contributed by atoms with Gasteiger partial charge in [0.25, 0.3) is 0 Å². The Labute approximate surface area is 145 Å². The summed E-state index contributed by atoms with van der Waals surface area (Å²) in [6.07, 6.45) is 1.86. The molecule has 0 bridgehead atoms. The highest BCUT2D eigenvalue weighted by molar-refractivity contribution is 5.78. The average molecular weight is 334 g/mol. The molecule has 0 unspecified atom stereocenters. The van der Waals surface area contributed by atoms with Crippen molar-refractivity contribution in [2.75, 3.05) is 40.4 Å². The number of amides is 1. The Balaban J connectivity index is 1.90. The largest absolute Gasteiger partial charge is 0.493 e. The third-order valence-corrected chi connectivity index (χ3v) is 4.87. The first kappa shape index (κ1) is 18.6. The lowest BCUT2D eigenvalue weighted by molar-refractivity contribution is -0.137. The normalized spacial score (nSPS) is 15.6. The third-order valence-electron chi connectivity index (χ3n) is 4.87. The third kappa shape index (κ3) is 4.41. The number of rotatable bonds is 7. The number of hydrogen-bond acceptors (Lipinski definition) is 4. The van der Waals surface area contributed by atoms with E-state index in [2.05, 4.69) is 24.8 Å². The summed E-state index contributed by atoms with van der Waals surface area (Å²) in [4.78, 5) is 16.9. The molecule has 1 fully saturated rings. The van der Waals surface area contributed by atoms with Crippen molar-refractivity contribution in [1.29, 1.82) is 0 Å². The summed E-state index contributed by atoms with van der Waals surface area (Å²) in [5.41, 5.74) is 1.20. The van der Waals surface area contributed by atoms with Crippen LogP contribution in [0.3, 0.4) is 0 Å². The number of carbonyl (C=O) groups excluding carboxylic acids is 1. The average Bonchev–Trinajstić information content (AvgIpc) is 2.63. The molecule has 0 atom stereocenters. The minimum atomic E-state index is 0.183. The molecule has 134 valence electrons. The SMILES string of the molecule is CCC(CC)C(=O)N1CCN(Cc2ccc(OC)c(OC)c2)CC1. The van der Waals surface area contributed by atoms with Gasteiger partial charge in [0.1, 0.15) is 0 Å². The van der Waals surface area contributed by atoms with Crippen molar-refractivity contribution < 1.29 is 14.3 Å². The lowest BCUT2D eigenvalue weighted by atomic mass is 10.0. The fourth-order valence-electron chi connectivity index (χ4n) is 3.26. The lowest BCUT2D eigenvalue weighted by Crippen LogP contribution is -2.49. The van der Waals surface area contributed by atoms with Crippen LogP contribution in [0.15, 0.2) is 18.2 Å². The summed E-state index contributed by atoms with van der Waals surface area (Å²) >= 11 is 0. The minimum Gasteiger partial charge on any atom is -0.493 e. The highest BCUT2D eigenvalue weighted by atomic mass is 16.5. The molecule has 0 aromatic heterocycles. The quantitative estimate of drug-likeness (QED) is 0.769. The zero-order chi connectivity index (χ0) is 17.5. The van der Waals surface area contributed by atoms with Gasteiger partial charge in [0, 0.05) is 38.6 Å². The van der Waals surface area contributed by atoms with E-state index in [0.717, 1.165) is 57.1 Å². The Morgan fingerprint density at radius 1 is 1.04 bits per heavy atom. The summed E-state index contributed by atoms with van der Waals surface area (Å²) in [6.45, 7) is 8.54. The number of ether oxygens (including phenoxy) is 2. The summed E-state index contributed by atoms with van der Waals surface area (Å²) in [5.74, 6) is 2.02. The first-order valence-corrected chi connectivity index (χ1v) is 8.84. The second-order valence-corrected chi connectivity index (χ2v) is 6.30. The molecule has 1 saturated heterocycles. The van der Waals surface area contributed by atoms with Crippen molar-refractivity contribution in [3.8, 4) is 11.5 Å². The van der Waals surface area contributed by atoms with Crippen LogP contribution in [0.5, 0.6) is 11.5 Å². The van der Waals surface area contributed by atoms with Crippen LogP contribution in [0.1, 0.15) is 32.3 Å². The number of piperazine rings is 1. The summed E-state index contributed by atoms with van der Waals surface area (Å²) < 4.78 is 10.7. The molecular weight excluding hydrogens is 304 g/mol. The minimum absolute atomic E-state index is 0.183. The first-order valence-electron chi connectivity index (χ1n) is 8.84. The molecule has 1 heterocycles. The van der Waals surface area contributed by atoms with Gasteiger partial charge in [-0.1, -0.05) is 19.9 Å². The zero-order valence-electron chi connectivity index (χ0n) is 15.4. The molecule has 1 aromatic carbocycles. The number of nitrogens with zero attached hydrogens (tertiary/aromatic N) is 2. The maximum Gasteiger partial charge on any atom is 0.225 e. The Morgan fingerprint density at radius 3 is 2.21 bits per heavy atom. The van der Waals surface area contributed by atoms with Gasteiger partial charge in [0.05, 0.1) is 14.2 Å². The van der Waals surface area contributed by atoms with E-state index in [-0.39, 0.29) is 5.92 Å². The number of methoxy groups -OCH3 is 2. The Morgan fingerprint density at radius 2 is 1.67 bits per heavy atom. The van der Waals surface area contributed by atoms with Gasteiger partial charge in [-0.05, 0) is 30.5 Å². The standard InChI is InChI=1S/C19H30N2O3/c1-5-16(6-2)19(22)21-11-9-20(10-12-21)14-15-7-8-17(23-3)18(13-15)24-4/h7-8,13,16H,5-6,9-12,14H2,1-4H3. The maximum absolute atomic E-state index is 12.5. The van der Waals surface area contributed by atoms with E-state index >= 15 is 0 Å². The van der Waals surface area contributed by atoms with Crippen molar-refractivity contribution in [3.05, 3.63) is 23.8 Å². The van der Waals surface area contributed by atoms with Gasteiger partial charge in [-0.15, -0.1) is 0 Å². The second kappa shape index (κ2) is 8.92. The molecule has 1 aliphatic heterocycles. The molecule has 0 N–H and O–H groups in total. The van der Waals surface area contributed by atoms with Crippen molar-refractivity contribution in [3.63, 3.8) is 0 Å². The molecule has 0 spiro atoms. The van der Waals surface area contributed by atoms with Crippen molar-refractivity contribution >= 4 is 5.91 Å². The van der Waals surface area contributed by atoms with Crippen LogP contribution in [0.25, 0.3) is 0 Å². The highest BCUT2D eigenvalue weighted by Crippen LogP contribution is 2.28. The Hall–Kier alpha value is -1.75. The predicted molar refractivity (Wildman–Crippen MR) is 95.5 cm³/mol. The molecule has 5 nitrogen and oxygen atoms in total. The predicted octanol–water partition coefficient (Wildman–Crippen LogP) is 2.78. The molecule has 24 heavy (non-hydrogen) atoms. The Bertz CT molecular complexity index is 535. The first-order chi connectivity index (χ1) is 11.6. The molecule has 1 amide bonds. The van der Waals surface area contributed by atoms with E-state index < -0.39 is 0 Å². The van der Waals surface area contributed by atoms with E-state index in [4.69, 9.17) is 9.47 Å².